The molecule has 0 aromatic carbocycles. The van der Waals surface area contributed by atoms with Crippen molar-refractivity contribution in [1.29, 1.82) is 0 Å². The molecule has 0 aliphatic rings. The third-order valence-electron chi connectivity index (χ3n) is 3.61. The Kier molecular flexibility index (Phi) is 4.34. The molecule has 0 saturated heterocycles. The van der Waals surface area contributed by atoms with Crippen LogP contribution in [0.3, 0.4) is 0 Å². The number of hydrogen-bond donors (Lipinski definition) is 1. The maximum Gasteiger partial charge on any atom is 0.332 e. The highest BCUT2D eigenvalue weighted by Crippen LogP contribution is 2.06. The van der Waals surface area contributed by atoms with Crippen LogP contribution < -0.4 is 11.2 Å². The van der Waals surface area contributed by atoms with E-state index in [2.05, 4.69) is 4.98 Å². The maximum absolute atomic E-state index is 12.2. The number of aliphatic carboxylic acids is 1. The van der Waals surface area contributed by atoms with Gasteiger partial charge in [-0.15, -0.1) is 0 Å². The smallest absolute Gasteiger partial charge is 0.332 e. The minimum atomic E-state index is -0.999. The number of carbonyl (C=O) groups is 2. The number of likely N-dealkylation sites (N-methyl/N-ethyl adjacent to an activating group) is 1. The Hall–Kier alpha value is -2.91. The third-order valence-corrected chi connectivity index (χ3v) is 3.61. The normalized spacial score (nSPS) is 10.9. The van der Waals surface area contributed by atoms with E-state index >= 15 is 0 Å². The van der Waals surface area contributed by atoms with Crippen LogP contribution in [0.5, 0.6) is 0 Å². The second-order valence-electron chi connectivity index (χ2n) is 5.21. The van der Waals surface area contributed by atoms with Crippen molar-refractivity contribution < 1.29 is 14.7 Å². The molecule has 0 radical (unpaired) electrons. The fourth-order valence-corrected chi connectivity index (χ4v) is 2.17. The van der Waals surface area contributed by atoms with E-state index in [9.17, 15) is 19.2 Å². The van der Waals surface area contributed by atoms with Crippen LogP contribution >= 0.6 is 0 Å². The summed E-state index contributed by atoms with van der Waals surface area (Å²) in [5, 5.41) is 8.64. The first-order valence-electron chi connectivity index (χ1n) is 6.80. The number of amides is 1. The van der Waals surface area contributed by atoms with Crippen LogP contribution in [-0.4, -0.2) is 54.2 Å². The zero-order chi connectivity index (χ0) is 17.3. The minimum absolute atomic E-state index is 0.0668. The zero-order valence-corrected chi connectivity index (χ0v) is 13.0. The van der Waals surface area contributed by atoms with Gasteiger partial charge in [-0.2, -0.15) is 0 Å². The van der Waals surface area contributed by atoms with Gasteiger partial charge in [-0.1, -0.05) is 0 Å². The van der Waals surface area contributed by atoms with Gasteiger partial charge in [0, 0.05) is 27.7 Å². The van der Waals surface area contributed by atoms with Crippen molar-refractivity contribution in [3.05, 3.63) is 27.2 Å². The molecule has 2 aromatic heterocycles. The molecule has 1 amide bonds. The van der Waals surface area contributed by atoms with Gasteiger partial charge in [0.05, 0.1) is 12.7 Å². The summed E-state index contributed by atoms with van der Waals surface area (Å²) in [6, 6.07) is 0. The number of carboxylic acid groups (broad SMARTS) is 1. The van der Waals surface area contributed by atoms with Crippen LogP contribution in [-0.2, 0) is 30.2 Å². The maximum atomic E-state index is 12.2. The Labute approximate surface area is 130 Å². The predicted molar refractivity (Wildman–Crippen MR) is 80.1 cm³/mol. The van der Waals surface area contributed by atoms with Gasteiger partial charge in [-0.25, -0.2) is 9.78 Å². The van der Waals surface area contributed by atoms with E-state index in [1.165, 1.54) is 41.5 Å². The molecule has 1 N–H and O–H groups in total. The van der Waals surface area contributed by atoms with Gasteiger partial charge >= 0.3 is 11.7 Å². The van der Waals surface area contributed by atoms with E-state index in [1.54, 1.807) is 0 Å². The topological polar surface area (TPSA) is 119 Å². The Morgan fingerprint density at radius 2 is 1.91 bits per heavy atom. The fourth-order valence-electron chi connectivity index (χ4n) is 2.17. The Morgan fingerprint density at radius 3 is 2.52 bits per heavy atom. The number of carboxylic acids is 1. The summed E-state index contributed by atoms with van der Waals surface area (Å²) < 4.78 is 3.53. The molecule has 124 valence electrons. The van der Waals surface area contributed by atoms with Crippen molar-refractivity contribution in [2.24, 2.45) is 14.1 Å². The zero-order valence-electron chi connectivity index (χ0n) is 13.0. The number of aromatic nitrogens is 4. The van der Waals surface area contributed by atoms with Crippen molar-refractivity contribution in [3.63, 3.8) is 0 Å². The third kappa shape index (κ3) is 3.00. The first kappa shape index (κ1) is 16.5. The van der Waals surface area contributed by atoms with Gasteiger partial charge in [-0.05, 0) is 0 Å². The molecule has 0 aliphatic carbocycles. The van der Waals surface area contributed by atoms with Crippen LogP contribution in [0.15, 0.2) is 15.9 Å². The lowest BCUT2D eigenvalue weighted by Gasteiger charge is -2.16. The lowest BCUT2D eigenvalue weighted by Crippen LogP contribution is -2.38. The number of rotatable bonds is 5. The van der Waals surface area contributed by atoms with E-state index < -0.39 is 17.2 Å². The minimum Gasteiger partial charge on any atom is -0.481 e. The van der Waals surface area contributed by atoms with Gasteiger partial charge in [-0.3, -0.25) is 23.5 Å². The molecule has 2 rings (SSSR count). The molecule has 0 unspecified atom stereocenters. The summed E-state index contributed by atoms with van der Waals surface area (Å²) in [7, 11) is 4.32. The molecule has 0 bridgehead atoms. The van der Waals surface area contributed by atoms with Gasteiger partial charge < -0.3 is 14.6 Å². The van der Waals surface area contributed by atoms with E-state index in [-0.39, 0.29) is 36.6 Å². The van der Waals surface area contributed by atoms with E-state index in [4.69, 9.17) is 5.11 Å². The average molecular weight is 323 g/mol. The van der Waals surface area contributed by atoms with Crippen molar-refractivity contribution in [2.45, 2.75) is 13.0 Å². The van der Waals surface area contributed by atoms with Crippen LogP contribution in [0.2, 0.25) is 0 Å². The summed E-state index contributed by atoms with van der Waals surface area (Å²) in [6.45, 7) is -0.0998. The number of imidazole rings is 1. The van der Waals surface area contributed by atoms with Gasteiger partial charge in [0.2, 0.25) is 5.91 Å². The molecule has 0 atom stereocenters. The standard InChI is InChI=1S/C13H17N5O5/c1-15(5-4-9(20)21)8(19)6-18-7-14-11-10(18)12(22)17(3)13(23)16(11)2/h7H,4-6H2,1-3H3,(H,20,21). The van der Waals surface area contributed by atoms with Gasteiger partial charge in [0.1, 0.15) is 6.54 Å². The Morgan fingerprint density at radius 1 is 1.26 bits per heavy atom. The van der Waals surface area contributed by atoms with Crippen molar-refractivity contribution in [2.75, 3.05) is 13.6 Å². The summed E-state index contributed by atoms with van der Waals surface area (Å²) in [5.74, 6) is -1.36. The highest BCUT2D eigenvalue weighted by atomic mass is 16.4. The van der Waals surface area contributed by atoms with Gasteiger partial charge in [0.25, 0.3) is 5.56 Å². The van der Waals surface area contributed by atoms with Crippen LogP contribution in [0.1, 0.15) is 6.42 Å². The SMILES string of the molecule is CN(CCC(=O)O)C(=O)Cn1cnc2c1c(=O)n(C)c(=O)n2C. The van der Waals surface area contributed by atoms with Crippen molar-refractivity contribution in [3.8, 4) is 0 Å². The number of nitrogens with zero attached hydrogens (tertiary/aromatic N) is 5. The first-order chi connectivity index (χ1) is 10.7. The quantitative estimate of drug-likeness (QED) is 0.705. The highest BCUT2D eigenvalue weighted by molar-refractivity contribution is 5.79. The monoisotopic (exact) mass is 323 g/mol. The molecule has 0 fully saturated rings. The number of hydrogen-bond acceptors (Lipinski definition) is 5. The number of aryl methyl sites for hydroxylation is 1. The Balaban J connectivity index is 2.35. The molecule has 0 saturated carbocycles. The molecule has 2 heterocycles. The van der Waals surface area contributed by atoms with Gasteiger partial charge in [0.15, 0.2) is 11.2 Å². The average Bonchev–Trinajstić information content (AvgIpc) is 2.92. The largest absolute Gasteiger partial charge is 0.481 e. The molecular formula is C13H17N5O5. The second-order valence-corrected chi connectivity index (χ2v) is 5.21. The lowest BCUT2D eigenvalue weighted by atomic mass is 10.4. The van der Waals surface area contributed by atoms with E-state index in [0.717, 1.165) is 4.57 Å². The van der Waals surface area contributed by atoms with Crippen molar-refractivity contribution in [1.82, 2.24) is 23.6 Å². The summed E-state index contributed by atoms with van der Waals surface area (Å²) in [6.07, 6.45) is 1.15. The van der Waals surface area contributed by atoms with Crippen LogP contribution in [0.4, 0.5) is 0 Å². The second kappa shape index (κ2) is 6.07. The van der Waals surface area contributed by atoms with Crippen molar-refractivity contribution >= 4 is 23.0 Å². The Bertz CT molecular complexity index is 891. The molecule has 2 aromatic rings. The van der Waals surface area contributed by atoms with Crippen LogP contribution in [0, 0.1) is 0 Å². The first-order valence-corrected chi connectivity index (χ1v) is 6.80. The fraction of sp³-hybridized carbons (Fsp3) is 0.462. The molecule has 0 aliphatic heterocycles. The predicted octanol–water partition coefficient (Wildman–Crippen LogP) is -1.63. The van der Waals surface area contributed by atoms with E-state index in [0.29, 0.717) is 0 Å². The number of carbonyl (C=O) groups excluding carboxylic acids is 1. The summed E-state index contributed by atoms with van der Waals surface area (Å²) >= 11 is 0. The lowest BCUT2D eigenvalue weighted by molar-refractivity contribution is -0.138. The molecule has 0 spiro atoms. The summed E-state index contributed by atoms with van der Waals surface area (Å²) in [5.41, 5.74) is -0.701. The highest BCUT2D eigenvalue weighted by Gasteiger charge is 2.17. The molecular weight excluding hydrogens is 306 g/mol. The number of fused-ring (bicyclic) bond motifs is 1. The van der Waals surface area contributed by atoms with E-state index in [1.807, 2.05) is 0 Å². The van der Waals surface area contributed by atoms with Crippen LogP contribution in [0.25, 0.3) is 11.2 Å². The summed E-state index contributed by atoms with van der Waals surface area (Å²) in [4.78, 5) is 52.0. The molecule has 10 nitrogen and oxygen atoms in total. The molecule has 23 heavy (non-hydrogen) atoms. The molecule has 10 heteroatoms.